The summed E-state index contributed by atoms with van der Waals surface area (Å²) in [4.78, 5) is 4.34. The Kier molecular flexibility index (Phi) is 2.39. The zero-order valence-corrected chi connectivity index (χ0v) is 10.7. The summed E-state index contributed by atoms with van der Waals surface area (Å²) in [7, 11) is 0. The van der Waals surface area contributed by atoms with Crippen molar-refractivity contribution < 1.29 is 0 Å². The minimum Gasteiger partial charge on any atom is -0.337 e. The lowest BCUT2D eigenvalue weighted by molar-refractivity contribution is 1.12. The highest BCUT2D eigenvalue weighted by Crippen LogP contribution is 2.24. The number of hydrogen-bond acceptors (Lipinski definition) is 3. The highest BCUT2D eigenvalue weighted by atomic mass is 15.2. The van der Waals surface area contributed by atoms with Crippen LogP contribution in [0.2, 0.25) is 0 Å². The Hall–Kier alpha value is -2.88. The molecular weight excluding hydrogens is 248 g/mol. The van der Waals surface area contributed by atoms with E-state index in [1.54, 1.807) is 6.20 Å². The first-order chi connectivity index (χ1) is 9.90. The van der Waals surface area contributed by atoms with E-state index in [0.29, 0.717) is 0 Å². The number of rotatable bonds is 2. The molecule has 0 radical (unpaired) electrons. The molecule has 4 nitrogen and oxygen atoms in total. The predicted octanol–water partition coefficient (Wildman–Crippen LogP) is 3.85. The van der Waals surface area contributed by atoms with E-state index in [0.717, 1.165) is 22.5 Å². The van der Waals surface area contributed by atoms with Crippen molar-refractivity contribution >= 4 is 33.3 Å². The molecule has 2 heterocycles. The van der Waals surface area contributed by atoms with Crippen LogP contribution in [0.4, 0.5) is 11.5 Å². The van der Waals surface area contributed by atoms with E-state index in [-0.39, 0.29) is 0 Å². The summed E-state index contributed by atoms with van der Waals surface area (Å²) in [6, 6.07) is 18.4. The van der Waals surface area contributed by atoms with Gasteiger partial charge < -0.3 is 5.32 Å². The van der Waals surface area contributed by atoms with Gasteiger partial charge in [0.25, 0.3) is 0 Å². The average molecular weight is 260 g/mol. The monoisotopic (exact) mass is 260 g/mol. The quantitative estimate of drug-likeness (QED) is 0.575. The van der Waals surface area contributed by atoms with Crippen LogP contribution < -0.4 is 5.32 Å². The number of hydrogen-bond donors (Lipinski definition) is 2. The van der Waals surface area contributed by atoms with Gasteiger partial charge in [-0.2, -0.15) is 5.10 Å². The van der Waals surface area contributed by atoms with Crippen LogP contribution in [0.25, 0.3) is 21.8 Å². The second kappa shape index (κ2) is 4.35. The molecule has 0 unspecified atom stereocenters. The SMILES string of the molecule is c1ccc2cc(Nc3n[nH]c4cccnc34)ccc2c1. The van der Waals surface area contributed by atoms with Crippen LogP contribution in [0, 0.1) is 0 Å². The first-order valence-corrected chi connectivity index (χ1v) is 6.45. The smallest absolute Gasteiger partial charge is 0.178 e. The fourth-order valence-corrected chi connectivity index (χ4v) is 2.34. The maximum atomic E-state index is 4.34. The number of nitrogens with zero attached hydrogens (tertiary/aromatic N) is 2. The van der Waals surface area contributed by atoms with Crippen molar-refractivity contribution in [1.82, 2.24) is 15.2 Å². The lowest BCUT2D eigenvalue weighted by Crippen LogP contribution is -1.91. The van der Waals surface area contributed by atoms with E-state index in [1.165, 1.54) is 10.8 Å². The first-order valence-electron chi connectivity index (χ1n) is 6.45. The van der Waals surface area contributed by atoms with Crippen LogP contribution in [0.5, 0.6) is 0 Å². The van der Waals surface area contributed by atoms with Crippen molar-refractivity contribution in [1.29, 1.82) is 0 Å². The van der Waals surface area contributed by atoms with Crippen LogP contribution in [-0.2, 0) is 0 Å². The number of fused-ring (bicyclic) bond motifs is 2. The molecule has 0 amide bonds. The van der Waals surface area contributed by atoms with Gasteiger partial charge >= 0.3 is 0 Å². The third-order valence-electron chi connectivity index (χ3n) is 3.33. The van der Waals surface area contributed by atoms with Crippen molar-refractivity contribution in [2.45, 2.75) is 0 Å². The Balaban J connectivity index is 1.76. The summed E-state index contributed by atoms with van der Waals surface area (Å²) in [6.07, 6.45) is 1.77. The molecule has 0 saturated heterocycles. The van der Waals surface area contributed by atoms with Crippen LogP contribution in [0.1, 0.15) is 0 Å². The molecule has 0 saturated carbocycles. The third-order valence-corrected chi connectivity index (χ3v) is 3.33. The van der Waals surface area contributed by atoms with Crippen LogP contribution in [0.3, 0.4) is 0 Å². The van der Waals surface area contributed by atoms with E-state index in [9.17, 15) is 0 Å². The van der Waals surface area contributed by atoms with E-state index in [4.69, 9.17) is 0 Å². The Morgan fingerprint density at radius 1 is 0.900 bits per heavy atom. The molecule has 0 bridgehead atoms. The lowest BCUT2D eigenvalue weighted by atomic mass is 10.1. The molecule has 4 heteroatoms. The van der Waals surface area contributed by atoms with Gasteiger partial charge in [-0.25, -0.2) is 0 Å². The van der Waals surface area contributed by atoms with Gasteiger partial charge in [-0.1, -0.05) is 30.3 Å². The highest BCUT2D eigenvalue weighted by Gasteiger charge is 2.06. The Labute approximate surface area is 115 Å². The lowest BCUT2D eigenvalue weighted by Gasteiger charge is -2.05. The predicted molar refractivity (Wildman–Crippen MR) is 81.1 cm³/mol. The molecule has 0 aliphatic heterocycles. The number of aromatic amines is 1. The molecule has 96 valence electrons. The molecule has 20 heavy (non-hydrogen) atoms. The minimum absolute atomic E-state index is 0.746. The molecule has 0 atom stereocenters. The average Bonchev–Trinajstić information content (AvgIpc) is 2.91. The number of benzene rings is 2. The molecule has 0 aliphatic rings. The van der Waals surface area contributed by atoms with Crippen LogP contribution in [0.15, 0.2) is 60.8 Å². The summed E-state index contributed by atoms with van der Waals surface area (Å²) in [6.45, 7) is 0. The zero-order chi connectivity index (χ0) is 13.4. The second-order valence-corrected chi connectivity index (χ2v) is 4.66. The fraction of sp³-hybridized carbons (Fsp3) is 0. The zero-order valence-electron chi connectivity index (χ0n) is 10.7. The van der Waals surface area contributed by atoms with Crippen molar-refractivity contribution in [3.05, 3.63) is 60.8 Å². The standard InChI is InChI=1S/C16H12N4/c1-2-5-12-10-13(8-7-11(12)4-1)18-16-15-14(19-20-16)6-3-9-17-15/h1-10H,(H2,18,19,20). The number of anilines is 2. The van der Waals surface area contributed by atoms with Gasteiger partial charge in [0.2, 0.25) is 0 Å². The molecule has 2 N–H and O–H groups in total. The van der Waals surface area contributed by atoms with Gasteiger partial charge in [0.05, 0.1) is 5.52 Å². The molecule has 2 aromatic heterocycles. The molecule has 0 aliphatic carbocycles. The fourth-order valence-electron chi connectivity index (χ4n) is 2.34. The Morgan fingerprint density at radius 2 is 1.80 bits per heavy atom. The van der Waals surface area contributed by atoms with Crippen LogP contribution in [-0.4, -0.2) is 15.2 Å². The maximum absolute atomic E-state index is 4.34. The van der Waals surface area contributed by atoms with E-state index in [2.05, 4.69) is 44.8 Å². The molecule has 4 rings (SSSR count). The Morgan fingerprint density at radius 3 is 2.75 bits per heavy atom. The largest absolute Gasteiger partial charge is 0.337 e. The van der Waals surface area contributed by atoms with Crippen molar-refractivity contribution in [2.75, 3.05) is 5.32 Å². The normalized spacial score (nSPS) is 11.0. The van der Waals surface area contributed by atoms with E-state index in [1.807, 2.05) is 30.3 Å². The first kappa shape index (κ1) is 11.0. The van der Waals surface area contributed by atoms with Crippen LogP contribution >= 0.6 is 0 Å². The molecule has 0 fully saturated rings. The summed E-state index contributed by atoms with van der Waals surface area (Å²) in [5.74, 6) is 0.746. The summed E-state index contributed by atoms with van der Waals surface area (Å²) >= 11 is 0. The molecular formula is C16H12N4. The third kappa shape index (κ3) is 1.78. The molecule has 4 aromatic rings. The number of H-pyrrole nitrogens is 1. The van der Waals surface area contributed by atoms with Gasteiger partial charge in [0.15, 0.2) is 5.82 Å². The van der Waals surface area contributed by atoms with Crippen molar-refractivity contribution in [2.24, 2.45) is 0 Å². The van der Waals surface area contributed by atoms with E-state index >= 15 is 0 Å². The summed E-state index contributed by atoms with van der Waals surface area (Å²) in [5.41, 5.74) is 2.78. The molecule has 2 aromatic carbocycles. The van der Waals surface area contributed by atoms with Crippen molar-refractivity contribution in [3.8, 4) is 0 Å². The minimum atomic E-state index is 0.746. The summed E-state index contributed by atoms with van der Waals surface area (Å²) < 4.78 is 0. The second-order valence-electron chi connectivity index (χ2n) is 4.66. The maximum Gasteiger partial charge on any atom is 0.178 e. The van der Waals surface area contributed by atoms with Gasteiger partial charge in [-0.3, -0.25) is 10.1 Å². The van der Waals surface area contributed by atoms with Gasteiger partial charge in [-0.15, -0.1) is 0 Å². The number of aromatic nitrogens is 3. The molecule has 0 spiro atoms. The Bertz CT molecular complexity index is 895. The number of nitrogens with one attached hydrogen (secondary N) is 2. The van der Waals surface area contributed by atoms with Gasteiger partial charge in [-0.05, 0) is 35.0 Å². The van der Waals surface area contributed by atoms with Gasteiger partial charge in [0, 0.05) is 11.9 Å². The topological polar surface area (TPSA) is 53.6 Å². The van der Waals surface area contributed by atoms with Gasteiger partial charge in [0.1, 0.15) is 5.52 Å². The highest BCUT2D eigenvalue weighted by molar-refractivity contribution is 5.90. The number of pyridine rings is 1. The summed E-state index contributed by atoms with van der Waals surface area (Å²) in [5, 5.41) is 13.0. The van der Waals surface area contributed by atoms with E-state index < -0.39 is 0 Å². The van der Waals surface area contributed by atoms with Crippen molar-refractivity contribution in [3.63, 3.8) is 0 Å².